The minimum atomic E-state index is -0.0462. The van der Waals surface area contributed by atoms with Crippen LogP contribution in [0.3, 0.4) is 0 Å². The number of H-pyrrole nitrogens is 1. The molecule has 0 saturated heterocycles. The van der Waals surface area contributed by atoms with E-state index >= 15 is 0 Å². The molecule has 1 aromatic rings. The van der Waals surface area contributed by atoms with Crippen molar-refractivity contribution in [1.29, 1.82) is 0 Å². The van der Waals surface area contributed by atoms with E-state index in [4.69, 9.17) is 5.73 Å². The molecule has 0 aliphatic rings. The normalized spacial score (nSPS) is 10.1. The lowest BCUT2D eigenvalue weighted by molar-refractivity contribution is 0.0948. The van der Waals surface area contributed by atoms with Crippen LogP contribution in [0.1, 0.15) is 28.9 Å². The molecule has 1 rings (SSSR count). The maximum absolute atomic E-state index is 11.4. The van der Waals surface area contributed by atoms with E-state index in [1.807, 2.05) is 19.2 Å². The second-order valence-corrected chi connectivity index (χ2v) is 3.34. The van der Waals surface area contributed by atoms with Gasteiger partial charge in [-0.3, -0.25) is 4.79 Å². The van der Waals surface area contributed by atoms with E-state index in [1.165, 1.54) is 0 Å². The predicted molar refractivity (Wildman–Crippen MR) is 56.2 cm³/mol. The summed E-state index contributed by atoms with van der Waals surface area (Å²) in [5, 5.41) is 2.82. The van der Waals surface area contributed by atoms with Crippen molar-refractivity contribution in [2.24, 2.45) is 5.73 Å². The Morgan fingerprint density at radius 3 is 2.93 bits per heavy atom. The van der Waals surface area contributed by atoms with Gasteiger partial charge in [0, 0.05) is 12.7 Å². The monoisotopic (exact) mass is 195 g/mol. The summed E-state index contributed by atoms with van der Waals surface area (Å²) < 4.78 is 0. The Labute approximate surface area is 83.9 Å². The molecule has 0 unspecified atom stereocenters. The van der Waals surface area contributed by atoms with Crippen molar-refractivity contribution < 1.29 is 4.79 Å². The lowest BCUT2D eigenvalue weighted by atomic mass is 10.3. The number of aryl methyl sites for hydroxylation is 1. The minimum absolute atomic E-state index is 0.0462. The van der Waals surface area contributed by atoms with Crippen molar-refractivity contribution in [3.05, 3.63) is 23.5 Å². The van der Waals surface area contributed by atoms with Gasteiger partial charge in [-0.05, 0) is 37.9 Å². The van der Waals surface area contributed by atoms with Crippen LogP contribution in [0.15, 0.2) is 12.3 Å². The summed E-state index contributed by atoms with van der Waals surface area (Å²) in [4.78, 5) is 14.4. The molecule has 0 radical (unpaired) electrons. The zero-order valence-corrected chi connectivity index (χ0v) is 8.47. The third-order valence-electron chi connectivity index (χ3n) is 1.99. The van der Waals surface area contributed by atoms with Crippen molar-refractivity contribution in [3.63, 3.8) is 0 Å². The number of aromatic amines is 1. The molecule has 14 heavy (non-hydrogen) atoms. The molecule has 1 amide bonds. The fraction of sp³-hybridized carbons (Fsp3) is 0.500. The molecule has 0 aromatic carbocycles. The number of unbranched alkanes of at least 4 members (excludes halogenated alkanes) is 1. The number of rotatable bonds is 5. The van der Waals surface area contributed by atoms with Gasteiger partial charge in [-0.2, -0.15) is 0 Å². The van der Waals surface area contributed by atoms with Gasteiger partial charge >= 0.3 is 0 Å². The molecule has 4 nitrogen and oxygen atoms in total. The molecule has 0 saturated carbocycles. The van der Waals surface area contributed by atoms with Crippen LogP contribution in [0, 0.1) is 6.92 Å². The number of nitrogens with one attached hydrogen (secondary N) is 2. The van der Waals surface area contributed by atoms with Gasteiger partial charge in [0.2, 0.25) is 0 Å². The number of hydrogen-bond acceptors (Lipinski definition) is 2. The Morgan fingerprint density at radius 1 is 1.57 bits per heavy atom. The largest absolute Gasteiger partial charge is 0.357 e. The van der Waals surface area contributed by atoms with Gasteiger partial charge in [0.25, 0.3) is 5.91 Å². The number of nitrogens with two attached hydrogens (primary N) is 1. The van der Waals surface area contributed by atoms with Crippen LogP contribution >= 0.6 is 0 Å². The van der Waals surface area contributed by atoms with E-state index in [-0.39, 0.29) is 5.91 Å². The van der Waals surface area contributed by atoms with Gasteiger partial charge in [-0.25, -0.2) is 0 Å². The zero-order valence-electron chi connectivity index (χ0n) is 8.47. The smallest absolute Gasteiger partial charge is 0.267 e. The van der Waals surface area contributed by atoms with Crippen LogP contribution < -0.4 is 11.1 Å². The van der Waals surface area contributed by atoms with E-state index in [2.05, 4.69) is 10.3 Å². The second kappa shape index (κ2) is 5.44. The maximum atomic E-state index is 11.4. The minimum Gasteiger partial charge on any atom is -0.357 e. The molecule has 0 atom stereocenters. The summed E-state index contributed by atoms with van der Waals surface area (Å²) in [5.74, 6) is -0.0462. The van der Waals surface area contributed by atoms with E-state index in [0.717, 1.165) is 18.4 Å². The molecule has 0 bridgehead atoms. The highest BCUT2D eigenvalue weighted by Crippen LogP contribution is 2.00. The van der Waals surface area contributed by atoms with Gasteiger partial charge in [0.05, 0.1) is 0 Å². The number of carbonyl (C=O) groups excluding carboxylic acids is 1. The first kappa shape index (κ1) is 10.8. The Kier molecular flexibility index (Phi) is 4.19. The fourth-order valence-corrected chi connectivity index (χ4v) is 1.20. The lowest BCUT2D eigenvalue weighted by Crippen LogP contribution is -2.25. The first-order valence-electron chi connectivity index (χ1n) is 4.87. The van der Waals surface area contributed by atoms with Crippen molar-refractivity contribution in [1.82, 2.24) is 10.3 Å². The van der Waals surface area contributed by atoms with Crippen molar-refractivity contribution in [2.45, 2.75) is 19.8 Å². The molecule has 4 N–H and O–H groups in total. The van der Waals surface area contributed by atoms with E-state index < -0.39 is 0 Å². The van der Waals surface area contributed by atoms with Crippen LogP contribution in [0.5, 0.6) is 0 Å². The molecule has 0 fully saturated rings. The van der Waals surface area contributed by atoms with Gasteiger partial charge < -0.3 is 16.0 Å². The van der Waals surface area contributed by atoms with Gasteiger partial charge in [-0.1, -0.05) is 0 Å². The first-order valence-corrected chi connectivity index (χ1v) is 4.87. The molecular weight excluding hydrogens is 178 g/mol. The van der Waals surface area contributed by atoms with Crippen molar-refractivity contribution in [2.75, 3.05) is 13.1 Å². The summed E-state index contributed by atoms with van der Waals surface area (Å²) in [7, 11) is 0. The summed E-state index contributed by atoms with van der Waals surface area (Å²) in [6.07, 6.45) is 3.70. The Morgan fingerprint density at radius 2 is 2.36 bits per heavy atom. The molecule has 78 valence electrons. The predicted octanol–water partition coefficient (Wildman–Crippen LogP) is 0.792. The quantitative estimate of drug-likeness (QED) is 0.608. The molecule has 1 aromatic heterocycles. The molecule has 0 spiro atoms. The van der Waals surface area contributed by atoms with Gasteiger partial charge in [-0.15, -0.1) is 0 Å². The third-order valence-corrected chi connectivity index (χ3v) is 1.99. The first-order chi connectivity index (χ1) is 6.74. The van der Waals surface area contributed by atoms with Crippen LogP contribution in [-0.2, 0) is 0 Å². The average molecular weight is 195 g/mol. The van der Waals surface area contributed by atoms with Crippen molar-refractivity contribution in [3.8, 4) is 0 Å². The maximum Gasteiger partial charge on any atom is 0.267 e. The third kappa shape index (κ3) is 3.22. The number of aromatic nitrogens is 1. The molecule has 0 aliphatic carbocycles. The standard InChI is InChI=1S/C10H17N3O/c1-8-6-9(13-7-8)10(14)12-5-3-2-4-11/h6-7,13H,2-5,11H2,1H3,(H,12,14). The fourth-order valence-electron chi connectivity index (χ4n) is 1.20. The lowest BCUT2D eigenvalue weighted by Gasteiger charge is -2.02. The summed E-state index contributed by atoms with van der Waals surface area (Å²) in [5.41, 5.74) is 7.03. The molecule has 1 heterocycles. The summed E-state index contributed by atoms with van der Waals surface area (Å²) in [6, 6.07) is 1.83. The Bertz CT molecular complexity index is 293. The van der Waals surface area contributed by atoms with Crippen LogP contribution in [0.2, 0.25) is 0 Å². The van der Waals surface area contributed by atoms with Crippen LogP contribution in [0.25, 0.3) is 0 Å². The van der Waals surface area contributed by atoms with Crippen LogP contribution in [0.4, 0.5) is 0 Å². The molecule has 4 heteroatoms. The Hall–Kier alpha value is -1.29. The number of carbonyl (C=O) groups is 1. The van der Waals surface area contributed by atoms with Crippen LogP contribution in [-0.4, -0.2) is 24.0 Å². The second-order valence-electron chi connectivity index (χ2n) is 3.34. The highest BCUT2D eigenvalue weighted by Gasteiger charge is 2.05. The van der Waals surface area contributed by atoms with E-state index in [1.54, 1.807) is 0 Å². The van der Waals surface area contributed by atoms with Gasteiger partial charge in [0.1, 0.15) is 5.69 Å². The summed E-state index contributed by atoms with van der Waals surface area (Å²) >= 11 is 0. The molecular formula is C10H17N3O. The highest BCUT2D eigenvalue weighted by atomic mass is 16.1. The Balaban J connectivity index is 2.29. The SMILES string of the molecule is Cc1c[nH]c(C(=O)NCCCCN)c1. The zero-order chi connectivity index (χ0) is 10.4. The average Bonchev–Trinajstić information content (AvgIpc) is 2.59. The highest BCUT2D eigenvalue weighted by molar-refractivity contribution is 5.92. The number of amides is 1. The number of hydrogen-bond donors (Lipinski definition) is 3. The van der Waals surface area contributed by atoms with Gasteiger partial charge in [0.15, 0.2) is 0 Å². The van der Waals surface area contributed by atoms with E-state index in [9.17, 15) is 4.79 Å². The molecule has 0 aliphatic heterocycles. The van der Waals surface area contributed by atoms with E-state index in [0.29, 0.717) is 18.8 Å². The van der Waals surface area contributed by atoms with Crippen molar-refractivity contribution >= 4 is 5.91 Å². The summed E-state index contributed by atoms with van der Waals surface area (Å²) in [6.45, 7) is 3.31. The topological polar surface area (TPSA) is 70.9 Å².